The first-order valence-electron chi connectivity index (χ1n) is 10.6. The summed E-state index contributed by atoms with van der Waals surface area (Å²) in [5.74, 6) is 0.0493. The van der Waals surface area contributed by atoms with Crippen molar-refractivity contribution in [3.05, 3.63) is 99.4 Å². The summed E-state index contributed by atoms with van der Waals surface area (Å²) in [4.78, 5) is 17.5. The molecule has 0 bridgehead atoms. The molecule has 34 heavy (non-hydrogen) atoms. The zero-order valence-corrected chi connectivity index (χ0v) is 19.8. The lowest BCUT2D eigenvalue weighted by Gasteiger charge is -2.22. The molecule has 1 atom stereocenters. The fraction of sp³-hybridized carbons (Fsp3) is 0.115. The lowest BCUT2D eigenvalue weighted by atomic mass is 9.99. The average Bonchev–Trinajstić information content (AvgIpc) is 3.45. The Morgan fingerprint density at radius 3 is 2.62 bits per heavy atom. The van der Waals surface area contributed by atoms with Gasteiger partial charge in [0.25, 0.3) is 5.91 Å². The number of nitrogens with zero attached hydrogens (tertiary/aromatic N) is 3. The first kappa shape index (κ1) is 22.3. The molecule has 2 heterocycles. The number of hydrogen-bond acceptors (Lipinski definition) is 6. The zero-order valence-electron chi connectivity index (χ0n) is 18.2. The van der Waals surface area contributed by atoms with Crippen LogP contribution in [0, 0.1) is 0 Å². The molecule has 0 saturated heterocycles. The standard InChI is InChI=1S/C26H20ClN3O3S/c1-33-23-13-16(7-12-22(23)31)14-24-25(32)28-26(34-24)30-21(18-8-10-19(27)11-9-18)15-20(29-30)17-5-3-2-4-6-17/h2-14,21,31H,15H2,1H3/b24-14-. The van der Waals surface area contributed by atoms with Gasteiger partial charge in [0.05, 0.1) is 23.8 Å². The number of hydrazone groups is 1. The fourth-order valence-corrected chi connectivity index (χ4v) is 4.91. The summed E-state index contributed by atoms with van der Waals surface area (Å²) >= 11 is 7.38. The number of halogens is 1. The minimum absolute atomic E-state index is 0.0395. The van der Waals surface area contributed by atoms with Crippen LogP contribution in [0.2, 0.25) is 5.02 Å². The number of rotatable bonds is 4. The predicted molar refractivity (Wildman–Crippen MR) is 136 cm³/mol. The summed E-state index contributed by atoms with van der Waals surface area (Å²) < 4.78 is 5.17. The Morgan fingerprint density at radius 1 is 1.12 bits per heavy atom. The molecule has 0 spiro atoms. The molecule has 0 fully saturated rings. The Bertz CT molecular complexity index is 1340. The topological polar surface area (TPSA) is 74.5 Å². The van der Waals surface area contributed by atoms with Crippen molar-refractivity contribution in [1.82, 2.24) is 5.01 Å². The maximum atomic E-state index is 12.8. The number of methoxy groups -OCH3 is 1. The largest absolute Gasteiger partial charge is 0.504 e. The van der Waals surface area contributed by atoms with E-state index >= 15 is 0 Å². The van der Waals surface area contributed by atoms with E-state index in [1.807, 2.05) is 59.6 Å². The van der Waals surface area contributed by atoms with E-state index in [9.17, 15) is 9.90 Å². The lowest BCUT2D eigenvalue weighted by molar-refractivity contribution is -0.113. The van der Waals surface area contributed by atoms with Crippen LogP contribution in [0.5, 0.6) is 11.5 Å². The third-order valence-electron chi connectivity index (χ3n) is 5.58. The third kappa shape index (κ3) is 4.44. The summed E-state index contributed by atoms with van der Waals surface area (Å²) in [6, 6.07) is 22.5. The number of benzene rings is 3. The smallest absolute Gasteiger partial charge is 0.286 e. The number of phenolic OH excluding ortho intramolecular Hbond substituents is 1. The van der Waals surface area contributed by atoms with Crippen molar-refractivity contribution in [3.63, 3.8) is 0 Å². The molecule has 0 aliphatic carbocycles. The van der Waals surface area contributed by atoms with Crippen LogP contribution in [-0.4, -0.2) is 34.0 Å². The van der Waals surface area contributed by atoms with Crippen molar-refractivity contribution in [3.8, 4) is 11.5 Å². The van der Waals surface area contributed by atoms with Gasteiger partial charge >= 0.3 is 0 Å². The predicted octanol–water partition coefficient (Wildman–Crippen LogP) is 5.88. The molecular weight excluding hydrogens is 470 g/mol. The van der Waals surface area contributed by atoms with Crippen LogP contribution in [0.25, 0.3) is 6.08 Å². The normalized spacial score (nSPS) is 18.9. The van der Waals surface area contributed by atoms with E-state index in [1.54, 1.807) is 18.2 Å². The number of carbonyl (C=O) groups excluding carboxylic acids is 1. The van der Waals surface area contributed by atoms with E-state index in [2.05, 4.69) is 4.99 Å². The second-order valence-electron chi connectivity index (χ2n) is 7.77. The van der Waals surface area contributed by atoms with Crippen molar-refractivity contribution in [2.45, 2.75) is 12.5 Å². The Kier molecular flexibility index (Phi) is 6.13. The highest BCUT2D eigenvalue weighted by Gasteiger charge is 2.36. The molecule has 170 valence electrons. The van der Waals surface area contributed by atoms with Gasteiger partial charge in [-0.15, -0.1) is 0 Å². The van der Waals surface area contributed by atoms with Crippen LogP contribution < -0.4 is 4.74 Å². The summed E-state index contributed by atoms with van der Waals surface area (Å²) in [6.45, 7) is 0. The molecule has 1 amide bonds. The first-order valence-corrected chi connectivity index (χ1v) is 11.8. The Labute approximate surface area is 206 Å². The van der Waals surface area contributed by atoms with Gasteiger partial charge in [-0.3, -0.25) is 4.79 Å². The average molecular weight is 490 g/mol. The van der Waals surface area contributed by atoms with Gasteiger partial charge in [0.1, 0.15) is 0 Å². The number of amides is 1. The van der Waals surface area contributed by atoms with Crippen molar-refractivity contribution in [1.29, 1.82) is 0 Å². The van der Waals surface area contributed by atoms with Gasteiger partial charge in [-0.1, -0.05) is 60.1 Å². The van der Waals surface area contributed by atoms with Crippen molar-refractivity contribution >= 4 is 46.2 Å². The fourth-order valence-electron chi connectivity index (χ4n) is 3.87. The van der Waals surface area contributed by atoms with E-state index in [1.165, 1.54) is 24.9 Å². The number of aliphatic imine (C=N–C) groups is 1. The lowest BCUT2D eigenvalue weighted by Crippen LogP contribution is -2.23. The molecule has 0 radical (unpaired) electrons. The van der Waals surface area contributed by atoms with Gasteiger partial charge in [-0.05, 0) is 58.8 Å². The molecule has 3 aromatic carbocycles. The van der Waals surface area contributed by atoms with E-state index in [4.69, 9.17) is 21.4 Å². The number of phenols is 1. The van der Waals surface area contributed by atoms with Gasteiger partial charge in [0.2, 0.25) is 0 Å². The summed E-state index contributed by atoms with van der Waals surface area (Å²) in [6.07, 6.45) is 2.41. The van der Waals surface area contributed by atoms with Gasteiger partial charge in [-0.25, -0.2) is 5.01 Å². The second kappa shape index (κ2) is 9.37. The number of ether oxygens (including phenoxy) is 1. The van der Waals surface area contributed by atoms with Crippen molar-refractivity contribution in [2.24, 2.45) is 10.1 Å². The SMILES string of the molecule is COc1cc(/C=C2\SC(N3N=C(c4ccccc4)CC3c3ccc(Cl)cc3)=NC2=O)ccc1O. The maximum absolute atomic E-state index is 12.8. The molecule has 2 aliphatic rings. The Hall–Kier alpha value is -3.55. The molecular formula is C26H20ClN3O3S. The monoisotopic (exact) mass is 489 g/mol. The minimum atomic E-state index is -0.328. The van der Waals surface area contributed by atoms with Crippen LogP contribution in [0.1, 0.15) is 29.2 Å². The summed E-state index contributed by atoms with van der Waals surface area (Å²) in [7, 11) is 1.48. The number of carbonyl (C=O) groups is 1. The molecule has 2 aliphatic heterocycles. The zero-order chi connectivity index (χ0) is 23.7. The minimum Gasteiger partial charge on any atom is -0.504 e. The van der Waals surface area contributed by atoms with Crippen LogP contribution in [-0.2, 0) is 4.79 Å². The number of aromatic hydroxyl groups is 1. The second-order valence-corrected chi connectivity index (χ2v) is 9.22. The van der Waals surface area contributed by atoms with E-state index in [-0.39, 0.29) is 17.7 Å². The quantitative estimate of drug-likeness (QED) is 0.463. The first-order chi connectivity index (χ1) is 16.5. The molecule has 8 heteroatoms. The van der Waals surface area contributed by atoms with Crippen molar-refractivity contribution < 1.29 is 14.6 Å². The Balaban J connectivity index is 1.47. The number of hydrogen-bond donors (Lipinski definition) is 1. The molecule has 1 N–H and O–H groups in total. The molecule has 6 nitrogen and oxygen atoms in total. The Morgan fingerprint density at radius 2 is 1.88 bits per heavy atom. The van der Waals surface area contributed by atoms with Gasteiger partial charge in [0, 0.05) is 11.4 Å². The van der Waals surface area contributed by atoms with E-state index in [0.717, 1.165) is 22.4 Å². The van der Waals surface area contributed by atoms with Crippen molar-refractivity contribution in [2.75, 3.05) is 7.11 Å². The number of thioether (sulfide) groups is 1. The van der Waals surface area contributed by atoms with E-state index in [0.29, 0.717) is 27.3 Å². The van der Waals surface area contributed by atoms with Crippen LogP contribution in [0.15, 0.2) is 87.8 Å². The molecule has 0 aromatic heterocycles. The van der Waals surface area contributed by atoms with E-state index < -0.39 is 0 Å². The molecule has 5 rings (SSSR count). The molecule has 0 saturated carbocycles. The number of amidine groups is 1. The highest BCUT2D eigenvalue weighted by Crippen LogP contribution is 2.40. The maximum Gasteiger partial charge on any atom is 0.286 e. The summed E-state index contributed by atoms with van der Waals surface area (Å²) in [5.41, 5.74) is 3.73. The van der Waals surface area contributed by atoms with Gasteiger partial charge in [-0.2, -0.15) is 10.1 Å². The highest BCUT2D eigenvalue weighted by molar-refractivity contribution is 8.18. The summed E-state index contributed by atoms with van der Waals surface area (Å²) in [5, 5.41) is 17.7. The van der Waals surface area contributed by atoms with Gasteiger partial charge < -0.3 is 9.84 Å². The van der Waals surface area contributed by atoms with Gasteiger partial charge in [0.15, 0.2) is 16.7 Å². The van der Waals surface area contributed by atoms with Crippen LogP contribution in [0.4, 0.5) is 0 Å². The van der Waals surface area contributed by atoms with Crippen LogP contribution in [0.3, 0.4) is 0 Å². The van der Waals surface area contributed by atoms with Crippen LogP contribution >= 0.6 is 23.4 Å². The highest BCUT2D eigenvalue weighted by atomic mass is 35.5. The molecule has 1 unspecified atom stereocenters. The third-order valence-corrected chi connectivity index (χ3v) is 6.80. The molecule has 3 aromatic rings.